The Balaban J connectivity index is 2.36. The molecule has 3 atom stereocenters. The van der Waals surface area contributed by atoms with E-state index in [2.05, 4.69) is 27.2 Å². The zero-order valence-corrected chi connectivity index (χ0v) is 7.43. The molecule has 1 saturated carbocycles. The van der Waals surface area contributed by atoms with E-state index < -0.39 is 0 Å². The van der Waals surface area contributed by atoms with Crippen molar-refractivity contribution in [2.75, 3.05) is 0 Å². The van der Waals surface area contributed by atoms with E-state index in [1.165, 1.54) is 19.3 Å². The molecule has 10 heavy (non-hydrogen) atoms. The predicted molar refractivity (Wildman–Crippen MR) is 45.6 cm³/mol. The van der Waals surface area contributed by atoms with Crippen molar-refractivity contribution in [3.05, 3.63) is 6.42 Å². The summed E-state index contributed by atoms with van der Waals surface area (Å²) >= 11 is 0. The van der Waals surface area contributed by atoms with Gasteiger partial charge in [-0.2, -0.15) is 0 Å². The van der Waals surface area contributed by atoms with Gasteiger partial charge in [-0.05, 0) is 37.0 Å². The van der Waals surface area contributed by atoms with Crippen LogP contribution in [0.4, 0.5) is 0 Å². The highest BCUT2D eigenvalue weighted by Crippen LogP contribution is 2.34. The Morgan fingerprint density at radius 1 is 1.40 bits per heavy atom. The first-order chi connectivity index (χ1) is 4.74. The van der Waals surface area contributed by atoms with Gasteiger partial charge in [0.2, 0.25) is 0 Å². The summed E-state index contributed by atoms with van der Waals surface area (Å²) in [4.78, 5) is 0. The molecule has 0 N–H and O–H groups in total. The van der Waals surface area contributed by atoms with Crippen molar-refractivity contribution in [1.82, 2.24) is 0 Å². The summed E-state index contributed by atoms with van der Waals surface area (Å²) in [6.07, 6.45) is 6.63. The summed E-state index contributed by atoms with van der Waals surface area (Å²) < 4.78 is 0. The molecule has 3 unspecified atom stereocenters. The van der Waals surface area contributed by atoms with Gasteiger partial charge in [0.1, 0.15) is 0 Å². The monoisotopic (exact) mass is 139 g/mol. The van der Waals surface area contributed by atoms with E-state index in [1.807, 2.05) is 0 Å². The van der Waals surface area contributed by atoms with Crippen LogP contribution in [0.2, 0.25) is 0 Å². The molecule has 1 aliphatic rings. The molecular formula is C10H19. The molecule has 1 radical (unpaired) electrons. The van der Waals surface area contributed by atoms with Crippen molar-refractivity contribution in [2.24, 2.45) is 17.8 Å². The van der Waals surface area contributed by atoms with Crippen LogP contribution in [0, 0.1) is 24.2 Å². The van der Waals surface area contributed by atoms with E-state index in [4.69, 9.17) is 0 Å². The maximum atomic E-state index is 2.49. The Kier molecular flexibility index (Phi) is 2.76. The van der Waals surface area contributed by atoms with Crippen molar-refractivity contribution < 1.29 is 0 Å². The van der Waals surface area contributed by atoms with Gasteiger partial charge < -0.3 is 0 Å². The molecule has 0 amide bonds. The molecule has 0 spiro atoms. The molecule has 1 aliphatic carbocycles. The Bertz CT molecular complexity index is 96.2. The van der Waals surface area contributed by atoms with Crippen LogP contribution in [0.25, 0.3) is 0 Å². The minimum absolute atomic E-state index is 0.873. The maximum absolute atomic E-state index is 2.49. The van der Waals surface area contributed by atoms with Crippen molar-refractivity contribution in [3.8, 4) is 0 Å². The Morgan fingerprint density at radius 2 is 2.10 bits per heavy atom. The van der Waals surface area contributed by atoms with Gasteiger partial charge in [0.05, 0.1) is 0 Å². The van der Waals surface area contributed by atoms with Crippen molar-refractivity contribution in [2.45, 2.75) is 40.0 Å². The van der Waals surface area contributed by atoms with Crippen LogP contribution in [0.15, 0.2) is 0 Å². The topological polar surface area (TPSA) is 0 Å². The molecule has 0 bridgehead atoms. The summed E-state index contributed by atoms with van der Waals surface area (Å²) in [5.74, 6) is 2.82. The van der Waals surface area contributed by atoms with Crippen LogP contribution < -0.4 is 0 Å². The van der Waals surface area contributed by atoms with Crippen LogP contribution in [0.5, 0.6) is 0 Å². The zero-order valence-electron chi connectivity index (χ0n) is 7.43. The first-order valence-corrected chi connectivity index (χ1v) is 4.57. The summed E-state index contributed by atoms with van der Waals surface area (Å²) in [5, 5.41) is 0. The summed E-state index contributed by atoms with van der Waals surface area (Å²) in [6, 6.07) is 0. The molecular weight excluding hydrogens is 120 g/mol. The van der Waals surface area contributed by atoms with Gasteiger partial charge >= 0.3 is 0 Å². The summed E-state index contributed by atoms with van der Waals surface area (Å²) in [6.45, 7) is 7.05. The van der Waals surface area contributed by atoms with Gasteiger partial charge in [-0.25, -0.2) is 0 Å². The highest BCUT2D eigenvalue weighted by Gasteiger charge is 2.23. The first-order valence-electron chi connectivity index (χ1n) is 4.57. The lowest BCUT2D eigenvalue weighted by atomic mass is 9.75. The second kappa shape index (κ2) is 3.41. The number of rotatable bonds is 1. The Morgan fingerprint density at radius 3 is 2.60 bits per heavy atom. The maximum Gasteiger partial charge on any atom is -0.0355 e. The number of hydrogen-bond donors (Lipinski definition) is 0. The quantitative estimate of drug-likeness (QED) is 0.523. The lowest BCUT2D eigenvalue weighted by molar-refractivity contribution is 0.247. The van der Waals surface area contributed by atoms with Gasteiger partial charge in [0.15, 0.2) is 0 Å². The molecule has 0 nitrogen and oxygen atoms in total. The fraction of sp³-hybridized carbons (Fsp3) is 0.900. The normalized spacial score (nSPS) is 41.7. The minimum atomic E-state index is 0.873. The van der Waals surface area contributed by atoms with E-state index in [9.17, 15) is 0 Å². The largest absolute Gasteiger partial charge is 0.0651 e. The van der Waals surface area contributed by atoms with Crippen molar-refractivity contribution in [1.29, 1.82) is 0 Å². The minimum Gasteiger partial charge on any atom is -0.0651 e. The molecule has 0 heterocycles. The van der Waals surface area contributed by atoms with Crippen LogP contribution >= 0.6 is 0 Å². The summed E-state index contributed by atoms with van der Waals surface area (Å²) in [7, 11) is 0. The van der Waals surface area contributed by atoms with E-state index >= 15 is 0 Å². The molecule has 0 aromatic heterocycles. The third-order valence-electron chi connectivity index (χ3n) is 2.91. The SMILES string of the molecule is CCC1C[CH]C(C)CC1C. The predicted octanol–water partition coefficient (Wildman–Crippen LogP) is 3.28. The van der Waals surface area contributed by atoms with Crippen LogP contribution in [0.3, 0.4) is 0 Å². The van der Waals surface area contributed by atoms with Crippen molar-refractivity contribution >= 4 is 0 Å². The standard InChI is InChI=1S/C10H19/c1-4-10-6-5-8(2)7-9(10)3/h5,8-10H,4,6-7H2,1-3H3. The second-order valence-electron chi connectivity index (χ2n) is 3.83. The molecule has 59 valence electrons. The number of hydrogen-bond acceptors (Lipinski definition) is 0. The van der Waals surface area contributed by atoms with Gasteiger partial charge in [0.25, 0.3) is 0 Å². The fourth-order valence-electron chi connectivity index (χ4n) is 2.08. The highest BCUT2D eigenvalue weighted by atomic mass is 14.3. The van der Waals surface area contributed by atoms with Gasteiger partial charge in [-0.3, -0.25) is 0 Å². The van der Waals surface area contributed by atoms with E-state index in [0.29, 0.717) is 0 Å². The van der Waals surface area contributed by atoms with E-state index in [1.54, 1.807) is 0 Å². The lowest BCUT2D eigenvalue weighted by Crippen LogP contribution is -2.21. The molecule has 1 rings (SSSR count). The second-order valence-corrected chi connectivity index (χ2v) is 3.83. The molecule has 0 aliphatic heterocycles. The highest BCUT2D eigenvalue weighted by molar-refractivity contribution is 4.85. The molecule has 0 aromatic carbocycles. The molecule has 0 heteroatoms. The fourth-order valence-corrected chi connectivity index (χ4v) is 2.08. The van der Waals surface area contributed by atoms with Crippen LogP contribution in [0.1, 0.15) is 40.0 Å². The Hall–Kier alpha value is 0. The lowest BCUT2D eigenvalue weighted by Gasteiger charge is -2.31. The van der Waals surface area contributed by atoms with Crippen LogP contribution in [-0.2, 0) is 0 Å². The molecule has 0 saturated heterocycles. The van der Waals surface area contributed by atoms with Gasteiger partial charge in [0, 0.05) is 0 Å². The average Bonchev–Trinajstić information content (AvgIpc) is 1.88. The van der Waals surface area contributed by atoms with E-state index in [0.717, 1.165) is 17.8 Å². The molecule has 1 fully saturated rings. The first kappa shape index (κ1) is 8.10. The average molecular weight is 139 g/mol. The van der Waals surface area contributed by atoms with Crippen molar-refractivity contribution in [3.63, 3.8) is 0 Å². The zero-order chi connectivity index (χ0) is 7.56. The smallest absolute Gasteiger partial charge is 0.0355 e. The summed E-state index contributed by atoms with van der Waals surface area (Å²) in [5.41, 5.74) is 0. The Labute approximate surface area is 65.0 Å². The third kappa shape index (κ3) is 1.74. The van der Waals surface area contributed by atoms with Gasteiger partial charge in [-0.1, -0.05) is 27.2 Å². The third-order valence-corrected chi connectivity index (χ3v) is 2.91. The molecule has 0 aromatic rings. The van der Waals surface area contributed by atoms with E-state index in [-0.39, 0.29) is 0 Å². The van der Waals surface area contributed by atoms with Crippen LogP contribution in [-0.4, -0.2) is 0 Å². The van der Waals surface area contributed by atoms with Gasteiger partial charge in [-0.15, -0.1) is 0 Å².